The van der Waals surface area contributed by atoms with Crippen LogP contribution in [0.4, 0.5) is 0 Å². The lowest BCUT2D eigenvalue weighted by atomic mass is 9.89. The van der Waals surface area contributed by atoms with Crippen LogP contribution in [-0.4, -0.2) is 51.5 Å². The van der Waals surface area contributed by atoms with Gasteiger partial charge in [-0.3, -0.25) is 4.79 Å². The topological polar surface area (TPSA) is 86.8 Å². The quantitative estimate of drug-likeness (QED) is 0.900. The summed E-state index contributed by atoms with van der Waals surface area (Å²) < 4.78 is 5.17. The highest BCUT2D eigenvalue weighted by molar-refractivity contribution is 5.92. The molecule has 0 spiro atoms. The molecule has 2 aromatic rings. The van der Waals surface area contributed by atoms with Crippen LogP contribution in [-0.2, 0) is 0 Å². The molecule has 0 saturated heterocycles. The molecule has 122 valence electrons. The molecular formula is C17H20N2O4. The van der Waals surface area contributed by atoms with Gasteiger partial charge >= 0.3 is 0 Å². The van der Waals surface area contributed by atoms with E-state index in [9.17, 15) is 15.0 Å². The first-order valence-electron chi connectivity index (χ1n) is 7.73. The molecule has 23 heavy (non-hydrogen) atoms. The summed E-state index contributed by atoms with van der Waals surface area (Å²) in [6, 6.07) is 10.6. The summed E-state index contributed by atoms with van der Waals surface area (Å²) in [5.74, 6) is -0.226. The number of hydrogen-bond donors (Lipinski definition) is 2. The number of carbonyl (C=O) groups is 1. The van der Waals surface area contributed by atoms with E-state index in [4.69, 9.17) is 4.52 Å². The second-order valence-electron chi connectivity index (χ2n) is 5.91. The molecule has 1 aliphatic carbocycles. The normalized spacial score (nSPS) is 24.4. The van der Waals surface area contributed by atoms with Crippen LogP contribution < -0.4 is 0 Å². The van der Waals surface area contributed by atoms with Gasteiger partial charge in [-0.15, -0.1) is 0 Å². The van der Waals surface area contributed by atoms with Crippen LogP contribution in [0.3, 0.4) is 0 Å². The molecule has 0 radical (unpaired) electrons. The van der Waals surface area contributed by atoms with Crippen LogP contribution in [0.15, 0.2) is 40.9 Å². The maximum atomic E-state index is 12.5. The van der Waals surface area contributed by atoms with Crippen LogP contribution in [0.2, 0.25) is 0 Å². The van der Waals surface area contributed by atoms with Gasteiger partial charge in [0, 0.05) is 18.7 Å². The Morgan fingerprint density at radius 3 is 2.74 bits per heavy atom. The van der Waals surface area contributed by atoms with Gasteiger partial charge < -0.3 is 19.6 Å². The summed E-state index contributed by atoms with van der Waals surface area (Å²) in [6.07, 6.45) is 0.250. The third-order valence-electron chi connectivity index (χ3n) is 4.40. The summed E-state index contributed by atoms with van der Waals surface area (Å²) in [6.45, 7) is 0. The van der Waals surface area contributed by atoms with E-state index in [0.717, 1.165) is 12.0 Å². The minimum Gasteiger partial charge on any atom is -0.390 e. The summed E-state index contributed by atoms with van der Waals surface area (Å²) in [5, 5.41) is 23.8. The standard InChI is InChI=1S/C17H20N2O4/c1-19(13-8-5-9-14(20)16(13)21)17(22)15-10-12(18-23-15)11-6-3-2-4-7-11/h2-4,6-7,10,13-14,16,20-21H,5,8-9H2,1H3/t13-,14-,16-/m1/s1. The van der Waals surface area contributed by atoms with Crippen molar-refractivity contribution in [2.75, 3.05) is 7.05 Å². The lowest BCUT2D eigenvalue weighted by Crippen LogP contribution is -2.51. The van der Waals surface area contributed by atoms with Crippen LogP contribution in [0.25, 0.3) is 11.3 Å². The molecule has 1 aromatic carbocycles. The third kappa shape index (κ3) is 3.13. The molecule has 0 unspecified atom stereocenters. The minimum absolute atomic E-state index is 0.124. The monoisotopic (exact) mass is 316 g/mol. The van der Waals surface area contributed by atoms with Crippen LogP contribution in [0.5, 0.6) is 0 Å². The number of hydrogen-bond acceptors (Lipinski definition) is 5. The molecule has 1 heterocycles. The lowest BCUT2D eigenvalue weighted by molar-refractivity contribution is -0.0531. The molecule has 1 fully saturated rings. The zero-order chi connectivity index (χ0) is 16.4. The Labute approximate surface area is 134 Å². The summed E-state index contributed by atoms with van der Waals surface area (Å²) in [4.78, 5) is 14.0. The molecule has 1 aliphatic rings. The highest BCUT2D eigenvalue weighted by atomic mass is 16.5. The van der Waals surface area contributed by atoms with Gasteiger partial charge in [0.1, 0.15) is 11.8 Å². The van der Waals surface area contributed by atoms with Crippen molar-refractivity contribution in [2.45, 2.75) is 37.5 Å². The van der Waals surface area contributed by atoms with Crippen molar-refractivity contribution in [3.8, 4) is 11.3 Å². The van der Waals surface area contributed by atoms with E-state index in [2.05, 4.69) is 5.16 Å². The van der Waals surface area contributed by atoms with E-state index in [0.29, 0.717) is 18.5 Å². The predicted octanol–water partition coefficient (Wildman–Crippen LogP) is 1.69. The summed E-state index contributed by atoms with van der Waals surface area (Å²) in [5.41, 5.74) is 1.46. The highest BCUT2D eigenvalue weighted by Gasteiger charge is 2.36. The van der Waals surface area contributed by atoms with Gasteiger partial charge in [0.15, 0.2) is 0 Å². The third-order valence-corrected chi connectivity index (χ3v) is 4.40. The molecular weight excluding hydrogens is 296 g/mol. The number of aliphatic hydroxyl groups excluding tert-OH is 2. The number of nitrogens with zero attached hydrogens (tertiary/aromatic N) is 2. The smallest absolute Gasteiger partial charge is 0.292 e. The minimum atomic E-state index is -0.936. The first-order chi connectivity index (χ1) is 11.1. The van der Waals surface area contributed by atoms with Gasteiger partial charge in [-0.25, -0.2) is 0 Å². The predicted molar refractivity (Wildman–Crippen MR) is 83.7 cm³/mol. The highest BCUT2D eigenvalue weighted by Crippen LogP contribution is 2.25. The Balaban J connectivity index is 1.77. The van der Waals surface area contributed by atoms with Crippen molar-refractivity contribution in [1.29, 1.82) is 0 Å². The largest absolute Gasteiger partial charge is 0.390 e. The van der Waals surface area contributed by atoms with Crippen LogP contribution >= 0.6 is 0 Å². The second-order valence-corrected chi connectivity index (χ2v) is 5.91. The van der Waals surface area contributed by atoms with Crippen molar-refractivity contribution in [3.63, 3.8) is 0 Å². The average Bonchev–Trinajstić information content (AvgIpc) is 3.07. The molecule has 3 atom stereocenters. The van der Waals surface area contributed by atoms with E-state index >= 15 is 0 Å². The number of amides is 1. The maximum Gasteiger partial charge on any atom is 0.292 e. The van der Waals surface area contributed by atoms with Gasteiger partial charge in [0.05, 0.1) is 12.1 Å². The SMILES string of the molecule is CN(C(=O)c1cc(-c2ccccc2)no1)[C@@H]1CCC[C@@H](O)[C@@H]1O. The van der Waals surface area contributed by atoms with Crippen molar-refractivity contribution in [3.05, 3.63) is 42.2 Å². The summed E-state index contributed by atoms with van der Waals surface area (Å²) in [7, 11) is 1.61. The first kappa shape index (κ1) is 15.7. The Kier molecular flexibility index (Phi) is 4.45. The van der Waals surface area contributed by atoms with Crippen molar-refractivity contribution in [2.24, 2.45) is 0 Å². The average molecular weight is 316 g/mol. The number of aliphatic hydroxyl groups is 2. The molecule has 2 N–H and O–H groups in total. The number of aromatic nitrogens is 1. The van der Waals surface area contributed by atoms with E-state index in [-0.39, 0.29) is 11.7 Å². The van der Waals surface area contributed by atoms with Crippen molar-refractivity contribution < 1.29 is 19.5 Å². The van der Waals surface area contributed by atoms with Crippen molar-refractivity contribution >= 4 is 5.91 Å². The van der Waals surface area contributed by atoms with E-state index in [1.807, 2.05) is 30.3 Å². The van der Waals surface area contributed by atoms with Gasteiger partial charge in [-0.2, -0.15) is 0 Å². The fourth-order valence-electron chi connectivity index (χ4n) is 3.00. The zero-order valence-corrected chi connectivity index (χ0v) is 12.9. The number of benzene rings is 1. The maximum absolute atomic E-state index is 12.5. The molecule has 0 aliphatic heterocycles. The molecule has 1 amide bonds. The van der Waals surface area contributed by atoms with Gasteiger partial charge in [0.2, 0.25) is 5.76 Å². The summed E-state index contributed by atoms with van der Waals surface area (Å²) >= 11 is 0. The fraction of sp³-hybridized carbons (Fsp3) is 0.412. The second kappa shape index (κ2) is 6.52. The fourth-order valence-corrected chi connectivity index (χ4v) is 3.00. The Morgan fingerprint density at radius 1 is 1.26 bits per heavy atom. The van der Waals surface area contributed by atoms with Gasteiger partial charge in [-0.1, -0.05) is 35.5 Å². The van der Waals surface area contributed by atoms with E-state index in [1.54, 1.807) is 13.1 Å². The van der Waals surface area contributed by atoms with Crippen molar-refractivity contribution in [1.82, 2.24) is 10.1 Å². The molecule has 6 heteroatoms. The molecule has 3 rings (SSSR count). The Hall–Kier alpha value is -2.18. The van der Waals surface area contributed by atoms with Crippen LogP contribution in [0.1, 0.15) is 29.8 Å². The first-order valence-corrected chi connectivity index (χ1v) is 7.73. The Morgan fingerprint density at radius 2 is 2.00 bits per heavy atom. The lowest BCUT2D eigenvalue weighted by Gasteiger charge is -2.37. The molecule has 1 saturated carbocycles. The molecule has 1 aromatic heterocycles. The number of likely N-dealkylation sites (N-methyl/N-ethyl adjacent to an activating group) is 1. The Bertz CT molecular complexity index is 670. The number of rotatable bonds is 3. The van der Waals surface area contributed by atoms with Gasteiger partial charge in [0.25, 0.3) is 5.91 Å². The van der Waals surface area contributed by atoms with Crippen LogP contribution in [0, 0.1) is 0 Å². The van der Waals surface area contributed by atoms with E-state index in [1.165, 1.54) is 4.90 Å². The van der Waals surface area contributed by atoms with Gasteiger partial charge in [-0.05, 0) is 19.3 Å². The zero-order valence-electron chi connectivity index (χ0n) is 12.9. The van der Waals surface area contributed by atoms with E-state index < -0.39 is 18.2 Å². The molecule has 6 nitrogen and oxygen atoms in total. The number of carbonyl (C=O) groups excluding carboxylic acids is 1. The molecule has 0 bridgehead atoms.